The van der Waals surface area contributed by atoms with E-state index in [1.165, 1.54) is 19.3 Å². The summed E-state index contributed by atoms with van der Waals surface area (Å²) in [5.41, 5.74) is 5.32. The highest BCUT2D eigenvalue weighted by molar-refractivity contribution is 5.71. The van der Waals surface area contributed by atoms with Crippen molar-refractivity contribution in [2.45, 2.75) is 76.6 Å². The number of benzene rings is 1. The molecule has 0 saturated carbocycles. The van der Waals surface area contributed by atoms with E-state index in [0.29, 0.717) is 16.9 Å². The normalized spacial score (nSPS) is 15.9. The summed E-state index contributed by atoms with van der Waals surface area (Å²) < 4.78 is 5.31. The van der Waals surface area contributed by atoms with E-state index < -0.39 is 41.8 Å². The van der Waals surface area contributed by atoms with Crippen LogP contribution in [0.1, 0.15) is 45.2 Å². The van der Waals surface area contributed by atoms with E-state index in [1.807, 2.05) is 30.3 Å². The molecule has 2 rings (SSSR count). The molecule has 192 valence electrons. The summed E-state index contributed by atoms with van der Waals surface area (Å²) in [5.74, 6) is 0. The molecule has 1 heterocycles. The highest BCUT2D eigenvalue weighted by atomic mass is 16.6. The Morgan fingerprint density at radius 2 is 1.69 bits per heavy atom. The summed E-state index contributed by atoms with van der Waals surface area (Å²) in [6, 6.07) is 12.6. The Labute approximate surface area is 205 Å². The van der Waals surface area contributed by atoms with E-state index in [-0.39, 0.29) is 12.8 Å². The number of nitrogens with one attached hydrogen (secondary N) is 1. The number of amides is 2. The van der Waals surface area contributed by atoms with Gasteiger partial charge in [0.05, 0.1) is 12.2 Å². The van der Waals surface area contributed by atoms with Crippen LogP contribution in [0.25, 0.3) is 0 Å². The highest BCUT2D eigenvalue weighted by Gasteiger charge is 2.47. The molecule has 2 aromatic rings. The van der Waals surface area contributed by atoms with Crippen LogP contribution in [-0.4, -0.2) is 67.0 Å². The van der Waals surface area contributed by atoms with Crippen LogP contribution in [0.4, 0.5) is 9.59 Å². The zero-order valence-electron chi connectivity index (χ0n) is 20.6. The Balaban J connectivity index is 2.43. The van der Waals surface area contributed by atoms with Crippen LogP contribution in [0.15, 0.2) is 54.9 Å². The summed E-state index contributed by atoms with van der Waals surface area (Å²) >= 11 is 0. The second-order valence-electron chi connectivity index (χ2n) is 9.53. The Morgan fingerprint density at radius 3 is 2.20 bits per heavy atom. The molecule has 35 heavy (non-hydrogen) atoms. The van der Waals surface area contributed by atoms with Gasteiger partial charge in [-0.15, -0.1) is 0 Å². The van der Waals surface area contributed by atoms with Gasteiger partial charge in [-0.3, -0.25) is 15.2 Å². The lowest BCUT2D eigenvalue weighted by Crippen LogP contribution is -2.73. The fourth-order valence-electron chi connectivity index (χ4n) is 3.70. The van der Waals surface area contributed by atoms with Crippen LogP contribution in [0.5, 0.6) is 0 Å². The van der Waals surface area contributed by atoms with Gasteiger partial charge in [0.15, 0.2) is 0 Å². The molecule has 0 aliphatic carbocycles. The van der Waals surface area contributed by atoms with Crippen molar-refractivity contribution >= 4 is 12.2 Å². The number of aliphatic hydroxyl groups is 2. The van der Waals surface area contributed by atoms with Crippen molar-refractivity contribution in [3.63, 3.8) is 0 Å². The minimum absolute atomic E-state index is 0.0998. The van der Waals surface area contributed by atoms with E-state index >= 15 is 0 Å². The number of rotatable bonds is 10. The summed E-state index contributed by atoms with van der Waals surface area (Å²) in [5, 5.41) is 34.4. The number of hydrogen-bond donors (Lipinski definition) is 5. The highest BCUT2D eigenvalue weighted by Crippen LogP contribution is 2.25. The van der Waals surface area contributed by atoms with Crippen molar-refractivity contribution in [2.75, 3.05) is 0 Å². The number of carboxylic acid groups (broad SMARTS) is 1. The fourth-order valence-corrected chi connectivity index (χ4v) is 3.70. The predicted molar refractivity (Wildman–Crippen MR) is 130 cm³/mol. The lowest BCUT2D eigenvalue weighted by Gasteiger charge is -2.46. The van der Waals surface area contributed by atoms with E-state index in [4.69, 9.17) is 10.5 Å². The molecule has 0 saturated heterocycles. The number of aromatic nitrogens is 1. The first-order valence-electron chi connectivity index (χ1n) is 11.4. The Kier molecular flexibility index (Phi) is 9.58. The van der Waals surface area contributed by atoms with Crippen molar-refractivity contribution in [2.24, 2.45) is 5.73 Å². The maximum atomic E-state index is 12.7. The first kappa shape index (κ1) is 28.0. The summed E-state index contributed by atoms with van der Waals surface area (Å²) in [4.78, 5) is 29.9. The molecule has 0 aliphatic rings. The Morgan fingerprint density at radius 1 is 1.09 bits per heavy atom. The van der Waals surface area contributed by atoms with Crippen LogP contribution in [0, 0.1) is 0 Å². The van der Waals surface area contributed by atoms with Gasteiger partial charge in [0.1, 0.15) is 17.4 Å². The molecule has 0 fully saturated rings. The number of aryl methyl sites for hydroxylation is 1. The molecule has 1 aromatic carbocycles. The molecule has 0 aliphatic heterocycles. The van der Waals surface area contributed by atoms with Gasteiger partial charge < -0.3 is 25.8 Å². The maximum Gasteiger partial charge on any atom is 0.410 e. The van der Waals surface area contributed by atoms with Gasteiger partial charge in [0, 0.05) is 18.8 Å². The van der Waals surface area contributed by atoms with Gasteiger partial charge in [0.25, 0.3) is 0 Å². The first-order chi connectivity index (χ1) is 16.3. The number of pyridine rings is 1. The minimum atomic E-state index is -1.90. The van der Waals surface area contributed by atoms with Crippen LogP contribution >= 0.6 is 0 Å². The topological polar surface area (TPSA) is 158 Å². The molecule has 6 N–H and O–H groups in total. The molecule has 0 radical (unpaired) electrons. The standard InChI is InChI=1S/C25H36N4O6/c1-17(30)25(26,16-19-12-14-27-15-13-19)29(23(33)34)21(28-22(32)35-24(2,3)4)20(31)11-10-18-8-6-5-7-9-18/h5-9,12-15,17,20-21,30-31H,10-11,16,26H2,1-4H3,(H,28,32)(H,33,34). The smallest absolute Gasteiger partial charge is 0.410 e. The Hall–Kier alpha value is -3.21. The van der Waals surface area contributed by atoms with Crippen molar-refractivity contribution in [1.29, 1.82) is 0 Å². The molecule has 10 heteroatoms. The van der Waals surface area contributed by atoms with Crippen LogP contribution in [0.2, 0.25) is 0 Å². The zero-order valence-corrected chi connectivity index (χ0v) is 20.6. The molecule has 1 aromatic heterocycles. The van der Waals surface area contributed by atoms with Gasteiger partial charge in [-0.05, 0) is 63.8 Å². The van der Waals surface area contributed by atoms with E-state index in [9.17, 15) is 24.9 Å². The van der Waals surface area contributed by atoms with Crippen LogP contribution < -0.4 is 11.1 Å². The molecule has 4 atom stereocenters. The molecule has 10 nitrogen and oxygen atoms in total. The lowest BCUT2D eigenvalue weighted by atomic mass is 9.92. The molecule has 2 amide bonds. The number of nitrogens with zero attached hydrogens (tertiary/aromatic N) is 2. The Bertz CT molecular complexity index is 951. The van der Waals surface area contributed by atoms with Gasteiger partial charge in [0.2, 0.25) is 0 Å². The van der Waals surface area contributed by atoms with Crippen molar-refractivity contribution in [1.82, 2.24) is 15.2 Å². The number of aliphatic hydroxyl groups excluding tert-OH is 2. The monoisotopic (exact) mass is 488 g/mol. The van der Waals surface area contributed by atoms with Gasteiger partial charge >= 0.3 is 12.2 Å². The molecular formula is C25H36N4O6. The third-order valence-corrected chi connectivity index (χ3v) is 5.49. The van der Waals surface area contributed by atoms with Crippen LogP contribution in [-0.2, 0) is 17.6 Å². The minimum Gasteiger partial charge on any atom is -0.465 e. The lowest BCUT2D eigenvalue weighted by molar-refractivity contribution is -0.0714. The van der Waals surface area contributed by atoms with Crippen molar-refractivity contribution in [3.8, 4) is 0 Å². The SMILES string of the molecule is CC(O)C(N)(Cc1ccncc1)N(C(=O)O)C(NC(=O)OC(C)(C)C)C(O)CCc1ccccc1. The largest absolute Gasteiger partial charge is 0.465 e. The van der Waals surface area contributed by atoms with E-state index in [0.717, 1.165) is 5.56 Å². The summed E-state index contributed by atoms with van der Waals surface area (Å²) in [6.45, 7) is 6.34. The number of carbonyl (C=O) groups is 2. The zero-order chi connectivity index (χ0) is 26.2. The molecule has 0 bridgehead atoms. The second kappa shape index (κ2) is 12.0. The summed E-state index contributed by atoms with van der Waals surface area (Å²) in [6.07, 6.45) is -3.22. The number of ether oxygens (including phenoxy) is 1. The first-order valence-corrected chi connectivity index (χ1v) is 11.4. The van der Waals surface area contributed by atoms with E-state index in [2.05, 4.69) is 10.3 Å². The molecule has 0 spiro atoms. The quantitative estimate of drug-likeness (QED) is 0.319. The maximum absolute atomic E-state index is 12.7. The third-order valence-electron chi connectivity index (χ3n) is 5.49. The molecule has 4 unspecified atom stereocenters. The average molecular weight is 489 g/mol. The number of nitrogens with two attached hydrogens (primary N) is 1. The summed E-state index contributed by atoms with van der Waals surface area (Å²) in [7, 11) is 0. The van der Waals surface area contributed by atoms with Crippen molar-refractivity contribution in [3.05, 3.63) is 66.0 Å². The molecular weight excluding hydrogens is 452 g/mol. The van der Waals surface area contributed by atoms with Gasteiger partial charge in [-0.1, -0.05) is 30.3 Å². The van der Waals surface area contributed by atoms with E-state index in [1.54, 1.807) is 32.9 Å². The van der Waals surface area contributed by atoms with Gasteiger partial charge in [-0.2, -0.15) is 0 Å². The third kappa shape index (κ3) is 8.20. The number of hydrogen-bond acceptors (Lipinski definition) is 7. The fraction of sp³-hybridized carbons (Fsp3) is 0.480. The number of alkyl carbamates (subject to hydrolysis) is 1. The number of carbonyl (C=O) groups excluding carboxylic acids is 1. The van der Waals surface area contributed by atoms with Crippen molar-refractivity contribution < 1.29 is 29.6 Å². The average Bonchev–Trinajstić information content (AvgIpc) is 2.76. The predicted octanol–water partition coefficient (Wildman–Crippen LogP) is 2.48. The van der Waals surface area contributed by atoms with Gasteiger partial charge in [-0.25, -0.2) is 9.59 Å². The second-order valence-corrected chi connectivity index (χ2v) is 9.53. The van der Waals surface area contributed by atoms with Crippen LogP contribution in [0.3, 0.4) is 0 Å².